The third kappa shape index (κ3) is 3.53. The van der Waals surface area contributed by atoms with Crippen molar-refractivity contribution in [3.05, 3.63) is 46.3 Å². The topological polar surface area (TPSA) is 55.9 Å². The van der Waals surface area contributed by atoms with E-state index in [1.54, 1.807) is 22.3 Å². The lowest BCUT2D eigenvalue weighted by molar-refractivity contribution is -0.126. The summed E-state index contributed by atoms with van der Waals surface area (Å²) < 4.78 is 0. The molecule has 0 spiro atoms. The first-order chi connectivity index (χ1) is 13.2. The van der Waals surface area contributed by atoms with E-state index in [0.29, 0.717) is 25.2 Å². The molecule has 7 heteroatoms. The summed E-state index contributed by atoms with van der Waals surface area (Å²) in [5.41, 5.74) is 2.53. The van der Waals surface area contributed by atoms with Crippen molar-refractivity contribution in [2.75, 3.05) is 39.3 Å². The Labute approximate surface area is 164 Å². The number of rotatable bonds is 6. The number of nitrogens with one attached hydrogen (secondary N) is 1. The Morgan fingerprint density at radius 1 is 1.22 bits per heavy atom. The molecule has 1 atom stereocenters. The van der Waals surface area contributed by atoms with E-state index in [0.717, 1.165) is 30.9 Å². The molecule has 3 aliphatic rings. The minimum Gasteiger partial charge on any atom is -0.332 e. The van der Waals surface area contributed by atoms with Crippen molar-refractivity contribution in [1.29, 1.82) is 0 Å². The predicted octanol–water partition coefficient (Wildman–Crippen LogP) is 2.58. The van der Waals surface area contributed by atoms with E-state index >= 15 is 0 Å². The van der Waals surface area contributed by atoms with Crippen molar-refractivity contribution in [2.45, 2.75) is 25.3 Å². The summed E-state index contributed by atoms with van der Waals surface area (Å²) in [6, 6.07) is 1.47. The molecule has 3 amide bonds. The number of carbonyl (C=O) groups is 2. The number of likely N-dealkylation sites (tertiary alicyclic amines) is 1. The molecule has 3 aliphatic heterocycles. The average Bonchev–Trinajstić information content (AvgIpc) is 3.32. The number of hydrogen-bond donors (Lipinski definition) is 1. The van der Waals surface area contributed by atoms with Crippen LogP contribution in [0.4, 0.5) is 4.79 Å². The molecule has 1 fully saturated rings. The van der Waals surface area contributed by atoms with Crippen molar-refractivity contribution in [1.82, 2.24) is 20.0 Å². The summed E-state index contributed by atoms with van der Waals surface area (Å²) in [5, 5.41) is 6.99. The predicted molar refractivity (Wildman–Crippen MR) is 106 cm³/mol. The molecule has 6 nitrogen and oxygen atoms in total. The Balaban J connectivity index is 1.55. The number of thiophene rings is 1. The summed E-state index contributed by atoms with van der Waals surface area (Å²) in [7, 11) is 0. The fourth-order valence-corrected chi connectivity index (χ4v) is 4.87. The van der Waals surface area contributed by atoms with Crippen LogP contribution in [-0.2, 0) is 4.79 Å². The first-order valence-electron chi connectivity index (χ1n) is 9.64. The van der Waals surface area contributed by atoms with E-state index in [1.165, 1.54) is 19.3 Å². The molecule has 1 saturated heterocycles. The molecule has 1 unspecified atom stereocenters. The number of amides is 3. The van der Waals surface area contributed by atoms with Gasteiger partial charge in [0.15, 0.2) is 0 Å². The standard InChI is InChI=1S/C20H26N4O2S/c1-2-7-24-16-13-23(11-10-22-8-4-3-5-9-22)19(25)17(16)18(21-20(24)26)15-6-12-27-14-15/h2,6,12,14,18H,1,3-5,7-11,13H2,(H,21,26). The van der Waals surface area contributed by atoms with Gasteiger partial charge in [-0.3, -0.25) is 9.69 Å². The number of urea groups is 1. The van der Waals surface area contributed by atoms with Gasteiger partial charge in [-0.05, 0) is 48.3 Å². The molecule has 144 valence electrons. The molecule has 1 aromatic heterocycles. The van der Waals surface area contributed by atoms with Gasteiger partial charge in [0.2, 0.25) is 0 Å². The van der Waals surface area contributed by atoms with Gasteiger partial charge in [-0.2, -0.15) is 11.3 Å². The highest BCUT2D eigenvalue weighted by molar-refractivity contribution is 7.08. The van der Waals surface area contributed by atoms with Crippen LogP contribution >= 0.6 is 11.3 Å². The molecule has 0 aromatic carbocycles. The SMILES string of the molecule is C=CCN1C(=O)NC(c2ccsc2)C2=C1CN(CCN1CCCCC1)C2=O. The van der Waals surface area contributed by atoms with Gasteiger partial charge < -0.3 is 15.1 Å². The van der Waals surface area contributed by atoms with E-state index in [4.69, 9.17) is 0 Å². The van der Waals surface area contributed by atoms with Gasteiger partial charge in [-0.1, -0.05) is 12.5 Å². The lowest BCUT2D eigenvalue weighted by Crippen LogP contribution is -2.47. The molecule has 4 rings (SSSR count). The fourth-order valence-electron chi connectivity index (χ4n) is 4.19. The second-order valence-electron chi connectivity index (χ2n) is 7.33. The molecule has 4 heterocycles. The van der Waals surface area contributed by atoms with Crippen LogP contribution < -0.4 is 5.32 Å². The van der Waals surface area contributed by atoms with Gasteiger partial charge in [-0.15, -0.1) is 6.58 Å². The zero-order valence-electron chi connectivity index (χ0n) is 15.5. The summed E-state index contributed by atoms with van der Waals surface area (Å²) in [4.78, 5) is 31.9. The van der Waals surface area contributed by atoms with Gasteiger partial charge in [0.1, 0.15) is 0 Å². The highest BCUT2D eigenvalue weighted by atomic mass is 32.1. The number of carbonyl (C=O) groups excluding carboxylic acids is 2. The van der Waals surface area contributed by atoms with Crippen LogP contribution in [0.25, 0.3) is 0 Å². The normalized spacial score (nSPS) is 23.6. The average molecular weight is 387 g/mol. The fraction of sp³-hybridized carbons (Fsp3) is 0.500. The maximum Gasteiger partial charge on any atom is 0.322 e. The number of piperidine rings is 1. The molecular formula is C20H26N4O2S. The van der Waals surface area contributed by atoms with Crippen molar-refractivity contribution < 1.29 is 9.59 Å². The zero-order valence-corrected chi connectivity index (χ0v) is 16.3. The molecule has 0 aliphatic carbocycles. The molecule has 0 saturated carbocycles. The van der Waals surface area contributed by atoms with Gasteiger partial charge in [0, 0.05) is 19.6 Å². The summed E-state index contributed by atoms with van der Waals surface area (Å²) in [6.45, 7) is 8.52. The van der Waals surface area contributed by atoms with Crippen LogP contribution in [0.1, 0.15) is 30.9 Å². The third-order valence-electron chi connectivity index (χ3n) is 5.62. The Hall–Kier alpha value is -2.12. The van der Waals surface area contributed by atoms with Crippen molar-refractivity contribution in [3.63, 3.8) is 0 Å². The van der Waals surface area contributed by atoms with Crippen molar-refractivity contribution in [2.24, 2.45) is 0 Å². The Morgan fingerprint density at radius 3 is 2.74 bits per heavy atom. The highest BCUT2D eigenvalue weighted by Gasteiger charge is 2.43. The van der Waals surface area contributed by atoms with Gasteiger partial charge in [-0.25, -0.2) is 4.79 Å². The van der Waals surface area contributed by atoms with Gasteiger partial charge in [0.05, 0.1) is 23.9 Å². The Bertz CT molecular complexity index is 752. The van der Waals surface area contributed by atoms with Crippen LogP contribution in [0.2, 0.25) is 0 Å². The monoisotopic (exact) mass is 386 g/mol. The second-order valence-corrected chi connectivity index (χ2v) is 8.11. The maximum atomic E-state index is 13.2. The first kappa shape index (κ1) is 18.3. The van der Waals surface area contributed by atoms with E-state index in [-0.39, 0.29) is 18.0 Å². The number of nitrogens with zero attached hydrogens (tertiary/aromatic N) is 3. The smallest absolute Gasteiger partial charge is 0.322 e. The van der Waals surface area contributed by atoms with Crippen LogP contribution in [-0.4, -0.2) is 65.9 Å². The van der Waals surface area contributed by atoms with Crippen LogP contribution in [0.3, 0.4) is 0 Å². The van der Waals surface area contributed by atoms with E-state index in [9.17, 15) is 9.59 Å². The summed E-state index contributed by atoms with van der Waals surface area (Å²) in [6.07, 6.45) is 5.50. The third-order valence-corrected chi connectivity index (χ3v) is 6.32. The minimum absolute atomic E-state index is 0.0484. The Morgan fingerprint density at radius 2 is 2.04 bits per heavy atom. The first-order valence-corrected chi connectivity index (χ1v) is 10.6. The molecule has 1 N–H and O–H groups in total. The molecule has 1 aromatic rings. The lowest BCUT2D eigenvalue weighted by atomic mass is 9.98. The molecule has 0 radical (unpaired) electrons. The highest BCUT2D eigenvalue weighted by Crippen LogP contribution is 2.36. The largest absolute Gasteiger partial charge is 0.332 e. The number of hydrogen-bond acceptors (Lipinski definition) is 4. The van der Waals surface area contributed by atoms with Crippen molar-refractivity contribution >= 4 is 23.3 Å². The summed E-state index contributed by atoms with van der Waals surface area (Å²) in [5.74, 6) is 0.0484. The van der Waals surface area contributed by atoms with Crippen molar-refractivity contribution in [3.8, 4) is 0 Å². The molecular weight excluding hydrogens is 360 g/mol. The van der Waals surface area contributed by atoms with E-state index in [2.05, 4.69) is 16.8 Å². The quantitative estimate of drug-likeness (QED) is 0.765. The molecule has 0 bridgehead atoms. The van der Waals surface area contributed by atoms with E-state index < -0.39 is 0 Å². The Kier molecular flexibility index (Phi) is 5.31. The van der Waals surface area contributed by atoms with Gasteiger partial charge >= 0.3 is 6.03 Å². The molecule has 27 heavy (non-hydrogen) atoms. The van der Waals surface area contributed by atoms with Crippen LogP contribution in [0, 0.1) is 0 Å². The zero-order chi connectivity index (χ0) is 18.8. The van der Waals surface area contributed by atoms with Gasteiger partial charge in [0.25, 0.3) is 5.91 Å². The van der Waals surface area contributed by atoms with E-state index in [1.807, 2.05) is 21.7 Å². The summed E-state index contributed by atoms with van der Waals surface area (Å²) >= 11 is 1.58. The van der Waals surface area contributed by atoms with Crippen LogP contribution in [0.15, 0.2) is 40.8 Å². The lowest BCUT2D eigenvalue weighted by Gasteiger charge is -2.32. The second kappa shape index (κ2) is 7.86. The van der Waals surface area contributed by atoms with Crippen LogP contribution in [0.5, 0.6) is 0 Å². The minimum atomic E-state index is -0.354. The maximum absolute atomic E-state index is 13.2.